The van der Waals surface area contributed by atoms with Crippen molar-refractivity contribution in [3.63, 3.8) is 0 Å². The number of ether oxygens (including phenoxy) is 1. The quantitative estimate of drug-likeness (QED) is 0.449. The second kappa shape index (κ2) is 9.59. The molecule has 0 saturated carbocycles. The standard InChI is InChI=1S/C21H26N4O6S2/c1-5-25-19-12-11-17(33(29,30)24(3)4)13-18(19)22-20(25)14-31-21(26)15(2)23-32(27,28)16-9-7-6-8-10-16/h6-13,15,23H,5,14H2,1-4H3. The van der Waals surface area contributed by atoms with Crippen LogP contribution in [0.3, 0.4) is 0 Å². The van der Waals surface area contributed by atoms with E-state index in [2.05, 4.69) is 9.71 Å². The molecule has 0 aliphatic heterocycles. The Hall–Kier alpha value is -2.80. The van der Waals surface area contributed by atoms with Gasteiger partial charge in [0, 0.05) is 20.6 Å². The third-order valence-corrected chi connectivity index (χ3v) is 8.34. The second-order valence-electron chi connectivity index (χ2n) is 7.47. The molecule has 3 rings (SSSR count). The van der Waals surface area contributed by atoms with Crippen LogP contribution in [0.4, 0.5) is 0 Å². The van der Waals surface area contributed by atoms with Gasteiger partial charge in [0.1, 0.15) is 18.5 Å². The van der Waals surface area contributed by atoms with Crippen LogP contribution < -0.4 is 4.72 Å². The van der Waals surface area contributed by atoms with Crippen LogP contribution >= 0.6 is 0 Å². The number of hydrogen-bond donors (Lipinski definition) is 1. The highest BCUT2D eigenvalue weighted by Gasteiger charge is 2.24. The van der Waals surface area contributed by atoms with Crippen molar-refractivity contribution in [2.75, 3.05) is 14.1 Å². The molecule has 0 fully saturated rings. The number of nitrogens with zero attached hydrogens (tertiary/aromatic N) is 3. The molecule has 1 atom stereocenters. The van der Waals surface area contributed by atoms with Crippen LogP contribution in [0.25, 0.3) is 11.0 Å². The zero-order valence-corrected chi connectivity index (χ0v) is 20.4. The van der Waals surface area contributed by atoms with Crippen molar-refractivity contribution in [3.05, 3.63) is 54.4 Å². The summed E-state index contributed by atoms with van der Waals surface area (Å²) < 4.78 is 60.2. The fourth-order valence-electron chi connectivity index (χ4n) is 3.20. The summed E-state index contributed by atoms with van der Waals surface area (Å²) in [5.41, 5.74) is 1.14. The van der Waals surface area contributed by atoms with E-state index in [4.69, 9.17) is 4.74 Å². The summed E-state index contributed by atoms with van der Waals surface area (Å²) in [5.74, 6) is -0.349. The first-order chi connectivity index (χ1) is 15.5. The summed E-state index contributed by atoms with van der Waals surface area (Å²) in [5, 5.41) is 0. The Balaban J connectivity index is 1.77. The molecule has 0 saturated heterocycles. The molecule has 2 aromatic carbocycles. The molecule has 0 bridgehead atoms. The number of aryl methyl sites for hydroxylation is 1. The van der Waals surface area contributed by atoms with Crippen LogP contribution in [0.5, 0.6) is 0 Å². The summed E-state index contributed by atoms with van der Waals surface area (Å²) >= 11 is 0. The minimum absolute atomic E-state index is 0.0425. The van der Waals surface area contributed by atoms with Gasteiger partial charge in [-0.1, -0.05) is 18.2 Å². The minimum atomic E-state index is -3.88. The predicted octanol–water partition coefficient (Wildman–Crippen LogP) is 1.72. The number of esters is 1. The molecule has 178 valence electrons. The minimum Gasteiger partial charge on any atom is -0.456 e. The Morgan fingerprint density at radius 3 is 2.36 bits per heavy atom. The molecule has 0 amide bonds. The number of carbonyl (C=O) groups is 1. The van der Waals surface area contributed by atoms with Gasteiger partial charge in [0.2, 0.25) is 20.0 Å². The zero-order chi connectivity index (χ0) is 24.4. The van der Waals surface area contributed by atoms with Crippen molar-refractivity contribution in [3.8, 4) is 0 Å². The number of fused-ring (bicyclic) bond motifs is 1. The van der Waals surface area contributed by atoms with Crippen molar-refractivity contribution >= 4 is 37.0 Å². The lowest BCUT2D eigenvalue weighted by Crippen LogP contribution is -2.39. The lowest BCUT2D eigenvalue weighted by molar-refractivity contribution is -0.146. The van der Waals surface area contributed by atoms with E-state index in [0.29, 0.717) is 23.4 Å². The monoisotopic (exact) mass is 494 g/mol. The number of nitrogens with one attached hydrogen (secondary N) is 1. The molecule has 33 heavy (non-hydrogen) atoms. The molecule has 0 spiro atoms. The Bertz CT molecular complexity index is 1370. The third-order valence-electron chi connectivity index (χ3n) is 4.98. The van der Waals surface area contributed by atoms with E-state index < -0.39 is 32.1 Å². The van der Waals surface area contributed by atoms with Crippen LogP contribution in [0.15, 0.2) is 58.3 Å². The number of benzene rings is 2. The number of sulfonamides is 2. The van der Waals surface area contributed by atoms with E-state index in [-0.39, 0.29) is 16.4 Å². The Kier molecular flexibility index (Phi) is 7.22. The fourth-order valence-corrected chi connectivity index (χ4v) is 5.34. The number of rotatable bonds is 9. The maximum absolute atomic E-state index is 12.4. The normalized spacial score (nSPS) is 13.4. The molecule has 1 unspecified atom stereocenters. The third kappa shape index (κ3) is 5.24. The van der Waals surface area contributed by atoms with Crippen molar-refractivity contribution < 1.29 is 26.4 Å². The first-order valence-electron chi connectivity index (χ1n) is 10.1. The maximum atomic E-state index is 12.4. The average Bonchev–Trinajstić information content (AvgIpc) is 3.14. The maximum Gasteiger partial charge on any atom is 0.324 e. The van der Waals surface area contributed by atoms with E-state index in [1.54, 1.807) is 28.8 Å². The number of hydrogen-bond acceptors (Lipinski definition) is 7. The van der Waals surface area contributed by atoms with Gasteiger partial charge >= 0.3 is 5.97 Å². The molecule has 12 heteroatoms. The predicted molar refractivity (Wildman–Crippen MR) is 122 cm³/mol. The number of imidazole rings is 1. The molecule has 0 aliphatic rings. The zero-order valence-electron chi connectivity index (χ0n) is 18.7. The van der Waals surface area contributed by atoms with Crippen LogP contribution in [-0.4, -0.2) is 56.8 Å². The van der Waals surface area contributed by atoms with Gasteiger partial charge in [-0.15, -0.1) is 0 Å². The highest BCUT2D eigenvalue weighted by Crippen LogP contribution is 2.22. The molecule has 0 radical (unpaired) electrons. The summed E-state index contributed by atoms with van der Waals surface area (Å²) in [6.07, 6.45) is 0. The van der Waals surface area contributed by atoms with Gasteiger partial charge in [0.05, 0.1) is 20.8 Å². The lowest BCUT2D eigenvalue weighted by Gasteiger charge is -2.14. The van der Waals surface area contributed by atoms with Gasteiger partial charge in [0.25, 0.3) is 0 Å². The number of aromatic nitrogens is 2. The van der Waals surface area contributed by atoms with E-state index >= 15 is 0 Å². The SMILES string of the molecule is CCn1c(COC(=O)C(C)NS(=O)(=O)c2ccccc2)nc2cc(S(=O)(=O)N(C)C)ccc21. The molecule has 1 aromatic heterocycles. The molecule has 1 heterocycles. The molecule has 3 aromatic rings. The number of carbonyl (C=O) groups excluding carboxylic acids is 1. The van der Waals surface area contributed by atoms with E-state index in [1.165, 1.54) is 45.3 Å². The summed E-state index contributed by atoms with van der Waals surface area (Å²) in [6.45, 7) is 3.59. The lowest BCUT2D eigenvalue weighted by atomic mass is 10.3. The van der Waals surface area contributed by atoms with Gasteiger partial charge in [-0.3, -0.25) is 4.79 Å². The van der Waals surface area contributed by atoms with Gasteiger partial charge in [0.15, 0.2) is 0 Å². The van der Waals surface area contributed by atoms with Crippen LogP contribution in [0.1, 0.15) is 19.7 Å². The molecule has 1 N–H and O–H groups in total. The van der Waals surface area contributed by atoms with Gasteiger partial charge in [-0.2, -0.15) is 4.72 Å². The van der Waals surface area contributed by atoms with Crippen molar-refractivity contribution in [2.24, 2.45) is 0 Å². The smallest absolute Gasteiger partial charge is 0.324 e. The van der Waals surface area contributed by atoms with Crippen molar-refractivity contribution in [1.29, 1.82) is 0 Å². The first-order valence-corrected chi connectivity index (χ1v) is 13.1. The largest absolute Gasteiger partial charge is 0.456 e. The van der Waals surface area contributed by atoms with E-state index in [9.17, 15) is 21.6 Å². The van der Waals surface area contributed by atoms with E-state index in [1.807, 2.05) is 6.92 Å². The molecule has 10 nitrogen and oxygen atoms in total. The van der Waals surface area contributed by atoms with Gasteiger partial charge in [-0.25, -0.2) is 26.1 Å². The molecular formula is C21H26N4O6S2. The summed E-state index contributed by atoms with van der Waals surface area (Å²) in [7, 11) is -4.61. The van der Waals surface area contributed by atoms with Crippen molar-refractivity contribution in [2.45, 2.75) is 42.8 Å². The van der Waals surface area contributed by atoms with Crippen LogP contribution in [0.2, 0.25) is 0 Å². The Morgan fingerprint density at radius 2 is 1.76 bits per heavy atom. The molecular weight excluding hydrogens is 468 g/mol. The Labute approximate surface area is 193 Å². The Morgan fingerprint density at radius 1 is 1.09 bits per heavy atom. The van der Waals surface area contributed by atoms with Gasteiger partial charge < -0.3 is 9.30 Å². The highest BCUT2D eigenvalue weighted by molar-refractivity contribution is 7.89. The van der Waals surface area contributed by atoms with Gasteiger partial charge in [-0.05, 0) is 44.2 Å². The van der Waals surface area contributed by atoms with Crippen molar-refractivity contribution in [1.82, 2.24) is 18.6 Å². The second-order valence-corrected chi connectivity index (χ2v) is 11.3. The van der Waals surface area contributed by atoms with Crippen LogP contribution in [0, 0.1) is 0 Å². The van der Waals surface area contributed by atoms with E-state index in [0.717, 1.165) is 4.31 Å². The topological polar surface area (TPSA) is 128 Å². The average molecular weight is 495 g/mol. The van der Waals surface area contributed by atoms with Crippen LogP contribution in [-0.2, 0) is 42.7 Å². The first kappa shape index (κ1) is 24.8. The fraction of sp³-hybridized carbons (Fsp3) is 0.333. The molecule has 0 aliphatic carbocycles. The highest BCUT2D eigenvalue weighted by atomic mass is 32.2. The summed E-state index contributed by atoms with van der Waals surface area (Å²) in [4.78, 5) is 17.0. The summed E-state index contributed by atoms with van der Waals surface area (Å²) in [6, 6.07) is 11.2.